The molecule has 68 heavy (non-hydrogen) atoms. The maximum Gasteiger partial charge on any atom is 0.315 e. The van der Waals surface area contributed by atoms with Gasteiger partial charge in [-0.25, -0.2) is 0 Å². The molecule has 0 radical (unpaired) electrons. The Kier molecular flexibility index (Phi) is 14.6. The van der Waals surface area contributed by atoms with Crippen molar-refractivity contribution in [1.82, 2.24) is 0 Å². The number of aliphatic hydroxyl groups excluding tert-OH is 13. The number of allylic oxidation sites excluding steroid dienone is 2. The van der Waals surface area contributed by atoms with Crippen molar-refractivity contribution in [2.24, 2.45) is 50.2 Å². The van der Waals surface area contributed by atoms with Crippen molar-refractivity contribution in [3.63, 3.8) is 0 Å². The monoisotopic (exact) mass is 975 g/mol. The smallest absolute Gasteiger partial charge is 0.315 e. The zero-order valence-corrected chi connectivity index (χ0v) is 40.0. The van der Waals surface area contributed by atoms with Crippen LogP contribution in [0.5, 0.6) is 0 Å². The van der Waals surface area contributed by atoms with Crippen LogP contribution in [0.2, 0.25) is 0 Å². The summed E-state index contributed by atoms with van der Waals surface area (Å²) in [6.45, 7) is 10.4. The topological polar surface area (TPSA) is 335 Å². The molecule has 0 amide bonds. The van der Waals surface area contributed by atoms with E-state index in [9.17, 15) is 66.4 Å². The lowest BCUT2D eigenvalue weighted by Gasteiger charge is -2.72. The average Bonchev–Trinajstić information content (AvgIpc) is 3.29. The van der Waals surface area contributed by atoms with E-state index in [0.29, 0.717) is 38.5 Å². The highest BCUT2D eigenvalue weighted by Gasteiger charge is 2.72. The zero-order chi connectivity index (χ0) is 49.8. The average molecular weight is 975 g/mol. The molecule has 3 heterocycles. The van der Waals surface area contributed by atoms with Gasteiger partial charge in [0, 0.05) is 11.3 Å². The van der Waals surface area contributed by atoms with Gasteiger partial charge in [0.25, 0.3) is 0 Å². The molecule has 20 nitrogen and oxygen atoms in total. The number of carbonyl (C=O) groups is 1. The first kappa shape index (κ1) is 52.8. The minimum absolute atomic E-state index is 0.0123. The summed E-state index contributed by atoms with van der Waals surface area (Å²) in [6, 6.07) is 0. The largest absolute Gasteiger partial charge is 0.432 e. The quantitative estimate of drug-likeness (QED) is 0.0645. The van der Waals surface area contributed by atoms with Crippen LogP contribution in [0.1, 0.15) is 99.3 Å². The van der Waals surface area contributed by atoms with Crippen LogP contribution in [-0.4, -0.2) is 203 Å². The maximum atomic E-state index is 15.3. The Morgan fingerprint density at radius 2 is 1.18 bits per heavy atom. The molecule has 0 spiro atoms. The fourth-order valence-electron chi connectivity index (χ4n) is 15.6. The van der Waals surface area contributed by atoms with Crippen molar-refractivity contribution in [1.29, 1.82) is 0 Å². The summed E-state index contributed by atoms with van der Waals surface area (Å²) in [5.74, 6) is -1.18. The van der Waals surface area contributed by atoms with Gasteiger partial charge in [-0.15, -0.1) is 0 Å². The van der Waals surface area contributed by atoms with Gasteiger partial charge in [-0.3, -0.25) is 4.79 Å². The van der Waals surface area contributed by atoms with E-state index in [1.165, 1.54) is 0 Å². The van der Waals surface area contributed by atoms with Gasteiger partial charge in [-0.1, -0.05) is 59.6 Å². The maximum absolute atomic E-state index is 15.3. The van der Waals surface area contributed by atoms with Crippen LogP contribution in [0, 0.1) is 50.2 Å². The van der Waals surface area contributed by atoms with E-state index >= 15 is 4.79 Å². The highest BCUT2D eigenvalue weighted by atomic mass is 16.8. The van der Waals surface area contributed by atoms with Crippen molar-refractivity contribution in [3.05, 3.63) is 11.6 Å². The summed E-state index contributed by atoms with van der Waals surface area (Å²) < 4.78 is 35.7. The van der Waals surface area contributed by atoms with Crippen molar-refractivity contribution in [2.75, 3.05) is 26.4 Å². The molecule has 4 saturated carbocycles. The van der Waals surface area contributed by atoms with Crippen LogP contribution in [-0.2, 0) is 33.2 Å². The summed E-state index contributed by atoms with van der Waals surface area (Å²) in [5.41, 5.74) is -2.84. The third-order valence-electron chi connectivity index (χ3n) is 19.5. The number of carbonyl (C=O) groups excluding carboxylic acids is 1. The standard InChI is InChI=1S/C48H78O20/c1-43(2)11-7-12-48(42(62)68-41-36(33(59)30(56)25(19-51)65-41)66-39-34(60)31(57)28(54)23(17-49)63-39)15-14-46(5)21(37(43)48)8-9-27-44(3)16-22(53)38(45(4,20-52)26(44)10-13-47(27,46)6)67-40-35(61)32(58)29(55)24(18-50)64-40/h8,22-41,49-61H,7,9-20H2,1-6H3. The molecule has 0 bridgehead atoms. The first-order valence-corrected chi connectivity index (χ1v) is 24.6. The molecule has 3 aliphatic heterocycles. The summed E-state index contributed by atoms with van der Waals surface area (Å²) in [4.78, 5) is 15.3. The van der Waals surface area contributed by atoms with Gasteiger partial charge in [0.05, 0.1) is 44.1 Å². The van der Waals surface area contributed by atoms with Gasteiger partial charge in [0.2, 0.25) is 6.29 Å². The highest BCUT2D eigenvalue weighted by Crippen LogP contribution is 2.77. The first-order valence-electron chi connectivity index (χ1n) is 24.6. The lowest BCUT2D eigenvalue weighted by atomic mass is 9.32. The second-order valence-electron chi connectivity index (χ2n) is 23.3. The molecule has 8 rings (SSSR count). The molecule has 0 aromatic heterocycles. The van der Waals surface area contributed by atoms with Gasteiger partial charge in [0.15, 0.2) is 18.7 Å². The fourth-order valence-corrected chi connectivity index (χ4v) is 15.6. The lowest BCUT2D eigenvalue weighted by Crippen LogP contribution is -2.70. The molecule has 25 atom stereocenters. The van der Waals surface area contributed by atoms with Crippen molar-refractivity contribution in [3.8, 4) is 0 Å². The van der Waals surface area contributed by atoms with E-state index in [1.807, 2.05) is 6.92 Å². The third kappa shape index (κ3) is 7.89. The Bertz CT molecular complexity index is 1850. The molecule has 5 aliphatic carbocycles. The number of rotatable bonds is 10. The van der Waals surface area contributed by atoms with Crippen molar-refractivity contribution >= 4 is 5.97 Å². The van der Waals surface area contributed by atoms with Gasteiger partial charge in [-0.05, 0) is 84.9 Å². The second-order valence-corrected chi connectivity index (χ2v) is 23.3. The number of ether oxygens (including phenoxy) is 6. The number of fused-ring (bicyclic) bond motifs is 7. The van der Waals surface area contributed by atoms with E-state index in [2.05, 4.69) is 40.7 Å². The van der Waals surface area contributed by atoms with Crippen LogP contribution in [0.3, 0.4) is 0 Å². The number of esters is 1. The summed E-state index contributed by atoms with van der Waals surface area (Å²) in [7, 11) is 0. The molecule has 20 heteroatoms. The number of aliphatic hydroxyl groups is 13. The molecule has 8 aliphatic rings. The predicted molar refractivity (Wildman–Crippen MR) is 233 cm³/mol. The minimum Gasteiger partial charge on any atom is -0.432 e. The summed E-state index contributed by atoms with van der Waals surface area (Å²) in [6.07, 6.45) is -19.4. The first-order chi connectivity index (χ1) is 31.8. The molecule has 25 unspecified atom stereocenters. The lowest BCUT2D eigenvalue weighted by molar-refractivity contribution is -0.363. The molecular formula is C48H78O20. The van der Waals surface area contributed by atoms with Crippen molar-refractivity contribution < 1.29 is 99.6 Å². The van der Waals surface area contributed by atoms with Crippen LogP contribution < -0.4 is 0 Å². The van der Waals surface area contributed by atoms with Gasteiger partial charge in [-0.2, -0.15) is 0 Å². The van der Waals surface area contributed by atoms with Gasteiger partial charge in [0.1, 0.15) is 67.1 Å². The Hall–Kier alpha value is -1.51. The van der Waals surface area contributed by atoms with Crippen LogP contribution in [0.15, 0.2) is 11.6 Å². The molecule has 0 aromatic carbocycles. The SMILES string of the molecule is CC1(C)CCCC2(C(=O)OC3OC(CO)C(O)C(O)C3OC3OC(CO)C(O)C(O)C3O)CCC3(C)C(=CCC4C5(C)CC(O)C(OC6OC(CO)C(O)C(O)C6O)C(C)(CO)C5CCC43C)C12. The molecule has 13 N–H and O–H groups in total. The predicted octanol–water partition coefficient (Wildman–Crippen LogP) is -1.92. The Balaban J connectivity index is 1.09. The molecule has 3 saturated heterocycles. The number of hydrogen-bond donors (Lipinski definition) is 13. The van der Waals surface area contributed by atoms with Crippen LogP contribution >= 0.6 is 0 Å². The zero-order valence-electron chi connectivity index (χ0n) is 40.0. The van der Waals surface area contributed by atoms with Crippen molar-refractivity contribution in [2.45, 2.75) is 204 Å². The number of hydrogen-bond acceptors (Lipinski definition) is 20. The van der Waals surface area contributed by atoms with Crippen LogP contribution in [0.4, 0.5) is 0 Å². The molecule has 390 valence electrons. The summed E-state index contributed by atoms with van der Waals surface area (Å²) >= 11 is 0. The van der Waals surface area contributed by atoms with Gasteiger partial charge < -0.3 is 94.8 Å². The Morgan fingerprint density at radius 1 is 0.632 bits per heavy atom. The Labute approximate surface area is 396 Å². The van der Waals surface area contributed by atoms with E-state index in [0.717, 1.165) is 18.4 Å². The van der Waals surface area contributed by atoms with E-state index < -0.39 is 157 Å². The fraction of sp³-hybridized carbons (Fsp3) is 0.938. The molecular weight excluding hydrogens is 897 g/mol. The van der Waals surface area contributed by atoms with Crippen LogP contribution in [0.25, 0.3) is 0 Å². The molecule has 7 fully saturated rings. The normalized spacial score (nSPS) is 54.6. The van der Waals surface area contributed by atoms with Gasteiger partial charge >= 0.3 is 5.97 Å². The second kappa shape index (κ2) is 18.8. The molecule has 0 aromatic rings. The highest BCUT2D eigenvalue weighted by molar-refractivity contribution is 5.79. The van der Waals surface area contributed by atoms with E-state index in [-0.39, 0.29) is 36.2 Å². The van der Waals surface area contributed by atoms with E-state index in [1.54, 1.807) is 0 Å². The summed E-state index contributed by atoms with van der Waals surface area (Å²) in [5, 5.41) is 139. The van der Waals surface area contributed by atoms with E-state index in [4.69, 9.17) is 28.4 Å². The minimum atomic E-state index is -1.89. The third-order valence-corrected chi connectivity index (χ3v) is 19.5. The Morgan fingerprint density at radius 3 is 1.74 bits per heavy atom.